The van der Waals surface area contributed by atoms with Crippen molar-refractivity contribution in [1.82, 2.24) is 4.90 Å². The highest BCUT2D eigenvalue weighted by Crippen LogP contribution is 2.54. The average Bonchev–Trinajstić information content (AvgIpc) is 2.73. The lowest BCUT2D eigenvalue weighted by molar-refractivity contribution is 0.205. The van der Waals surface area contributed by atoms with Crippen LogP contribution >= 0.6 is 0 Å². The van der Waals surface area contributed by atoms with Gasteiger partial charge in [0.2, 0.25) is 0 Å². The molecule has 1 aliphatic carbocycles. The number of rotatable bonds is 5. The molecule has 5 heteroatoms. The van der Waals surface area contributed by atoms with Crippen molar-refractivity contribution in [2.75, 3.05) is 41.5 Å². The molecule has 4 rings (SSSR count). The standard InChI is InChI=1S/C23H25NO4/c1-6-8-24-9-7-14-11-20(27-4)23(28-5)22-16-13-19(26-3)18(25-2)12-15(16)10-17(24)21(14)22/h1,11-13,17H,7-10H2,2-5H3. The fraction of sp³-hybridized carbons (Fsp3) is 0.391. The monoisotopic (exact) mass is 379 g/mol. The van der Waals surface area contributed by atoms with Gasteiger partial charge >= 0.3 is 0 Å². The Labute approximate surface area is 166 Å². The van der Waals surface area contributed by atoms with Crippen LogP contribution in [0.3, 0.4) is 0 Å². The first-order valence-corrected chi connectivity index (χ1v) is 9.37. The smallest absolute Gasteiger partial charge is 0.168 e. The van der Waals surface area contributed by atoms with E-state index in [1.54, 1.807) is 28.4 Å². The van der Waals surface area contributed by atoms with Crippen molar-refractivity contribution < 1.29 is 18.9 Å². The zero-order valence-corrected chi connectivity index (χ0v) is 16.8. The van der Waals surface area contributed by atoms with E-state index in [9.17, 15) is 0 Å². The number of terminal acetylenes is 1. The maximum Gasteiger partial charge on any atom is 0.168 e. The molecule has 28 heavy (non-hydrogen) atoms. The van der Waals surface area contributed by atoms with E-state index in [-0.39, 0.29) is 6.04 Å². The Morgan fingerprint density at radius 1 is 0.964 bits per heavy atom. The van der Waals surface area contributed by atoms with Gasteiger partial charge in [0.15, 0.2) is 23.0 Å². The number of methoxy groups -OCH3 is 4. The number of nitrogens with zero attached hydrogens (tertiary/aromatic N) is 1. The van der Waals surface area contributed by atoms with Gasteiger partial charge in [-0.25, -0.2) is 0 Å². The second kappa shape index (κ2) is 7.29. The largest absolute Gasteiger partial charge is 0.493 e. The average molecular weight is 379 g/mol. The van der Waals surface area contributed by atoms with Gasteiger partial charge in [0.25, 0.3) is 0 Å². The summed E-state index contributed by atoms with van der Waals surface area (Å²) in [7, 11) is 6.68. The molecule has 2 aliphatic rings. The Morgan fingerprint density at radius 3 is 2.29 bits per heavy atom. The molecule has 1 aliphatic heterocycles. The van der Waals surface area contributed by atoms with E-state index in [0.717, 1.165) is 47.8 Å². The molecule has 1 unspecified atom stereocenters. The Morgan fingerprint density at radius 2 is 1.64 bits per heavy atom. The molecular weight excluding hydrogens is 354 g/mol. The first-order chi connectivity index (χ1) is 13.7. The lowest BCUT2D eigenvalue weighted by atomic mass is 9.76. The van der Waals surface area contributed by atoms with Gasteiger partial charge in [0, 0.05) is 18.2 Å². The highest BCUT2D eigenvalue weighted by molar-refractivity contribution is 5.85. The van der Waals surface area contributed by atoms with Crippen molar-refractivity contribution in [3.63, 3.8) is 0 Å². The third-order valence-corrected chi connectivity index (χ3v) is 5.82. The van der Waals surface area contributed by atoms with Crippen LogP contribution in [0.25, 0.3) is 11.1 Å². The van der Waals surface area contributed by atoms with Crippen LogP contribution in [0.2, 0.25) is 0 Å². The zero-order chi connectivity index (χ0) is 19.8. The van der Waals surface area contributed by atoms with Gasteiger partial charge < -0.3 is 18.9 Å². The van der Waals surface area contributed by atoms with Gasteiger partial charge in [-0.05, 0) is 53.3 Å². The highest BCUT2D eigenvalue weighted by atomic mass is 16.5. The van der Waals surface area contributed by atoms with Gasteiger partial charge in [-0.15, -0.1) is 6.42 Å². The Hall–Kier alpha value is -2.84. The fourth-order valence-electron chi connectivity index (χ4n) is 4.59. The maximum atomic E-state index is 5.83. The van der Waals surface area contributed by atoms with Gasteiger partial charge in [-0.1, -0.05) is 5.92 Å². The molecule has 2 aromatic rings. The van der Waals surface area contributed by atoms with Gasteiger partial charge in [-0.2, -0.15) is 0 Å². The molecular formula is C23H25NO4. The van der Waals surface area contributed by atoms with Crippen molar-refractivity contribution in [1.29, 1.82) is 0 Å². The summed E-state index contributed by atoms with van der Waals surface area (Å²) in [4.78, 5) is 2.37. The molecule has 0 N–H and O–H groups in total. The molecule has 0 saturated heterocycles. The van der Waals surface area contributed by atoms with Crippen LogP contribution in [0, 0.1) is 12.3 Å². The number of benzene rings is 2. The minimum atomic E-state index is 0.209. The minimum Gasteiger partial charge on any atom is -0.493 e. The molecule has 0 fully saturated rings. The molecule has 0 saturated carbocycles. The van der Waals surface area contributed by atoms with Crippen LogP contribution in [-0.2, 0) is 12.8 Å². The summed E-state index contributed by atoms with van der Waals surface area (Å²) >= 11 is 0. The van der Waals surface area contributed by atoms with Crippen LogP contribution in [0.15, 0.2) is 18.2 Å². The molecule has 0 amide bonds. The van der Waals surface area contributed by atoms with Crippen LogP contribution in [-0.4, -0.2) is 46.4 Å². The summed E-state index contributed by atoms with van der Waals surface area (Å²) in [6, 6.07) is 6.43. The number of fused-ring (bicyclic) bond motifs is 2. The molecule has 146 valence electrons. The molecule has 1 atom stereocenters. The first-order valence-electron chi connectivity index (χ1n) is 9.37. The topological polar surface area (TPSA) is 40.2 Å². The van der Waals surface area contributed by atoms with E-state index in [0.29, 0.717) is 12.3 Å². The Kier molecular flexibility index (Phi) is 4.82. The summed E-state index contributed by atoms with van der Waals surface area (Å²) in [5.74, 6) is 5.75. The van der Waals surface area contributed by atoms with E-state index in [4.69, 9.17) is 25.4 Å². The number of hydrogen-bond acceptors (Lipinski definition) is 5. The highest BCUT2D eigenvalue weighted by Gasteiger charge is 2.37. The Balaban J connectivity index is 2.03. The summed E-state index contributed by atoms with van der Waals surface area (Å²) in [5, 5.41) is 0. The predicted octanol–water partition coefficient (Wildman–Crippen LogP) is 3.48. The molecule has 5 nitrogen and oxygen atoms in total. The lowest BCUT2D eigenvalue weighted by Gasteiger charge is -2.41. The third kappa shape index (κ3) is 2.68. The Bertz CT molecular complexity index is 960. The van der Waals surface area contributed by atoms with Crippen LogP contribution in [0.4, 0.5) is 0 Å². The molecule has 0 bridgehead atoms. The van der Waals surface area contributed by atoms with Crippen molar-refractivity contribution >= 4 is 0 Å². The van der Waals surface area contributed by atoms with Crippen LogP contribution in [0.1, 0.15) is 22.7 Å². The molecule has 0 radical (unpaired) electrons. The molecule has 0 spiro atoms. The van der Waals surface area contributed by atoms with Gasteiger partial charge in [0.05, 0.1) is 35.0 Å². The summed E-state index contributed by atoms with van der Waals surface area (Å²) in [6.07, 6.45) is 7.46. The van der Waals surface area contributed by atoms with Crippen molar-refractivity contribution in [2.24, 2.45) is 0 Å². The summed E-state index contributed by atoms with van der Waals surface area (Å²) < 4.78 is 22.6. The minimum absolute atomic E-state index is 0.209. The summed E-state index contributed by atoms with van der Waals surface area (Å²) in [6.45, 7) is 1.56. The lowest BCUT2D eigenvalue weighted by Crippen LogP contribution is -2.38. The van der Waals surface area contributed by atoms with Crippen molar-refractivity contribution in [3.05, 3.63) is 34.9 Å². The summed E-state index contributed by atoms with van der Waals surface area (Å²) in [5.41, 5.74) is 5.95. The third-order valence-electron chi connectivity index (χ3n) is 5.82. The maximum absolute atomic E-state index is 5.83. The first kappa shape index (κ1) is 18.5. The second-order valence-corrected chi connectivity index (χ2v) is 7.07. The molecule has 1 heterocycles. The molecule has 2 aromatic carbocycles. The number of hydrogen-bond donors (Lipinski definition) is 0. The normalized spacial score (nSPS) is 17.2. The van der Waals surface area contributed by atoms with E-state index in [1.165, 1.54) is 16.7 Å². The second-order valence-electron chi connectivity index (χ2n) is 7.07. The van der Waals surface area contributed by atoms with E-state index < -0.39 is 0 Å². The van der Waals surface area contributed by atoms with E-state index in [2.05, 4.69) is 23.0 Å². The van der Waals surface area contributed by atoms with Crippen molar-refractivity contribution in [2.45, 2.75) is 18.9 Å². The van der Waals surface area contributed by atoms with Gasteiger partial charge in [0.1, 0.15) is 0 Å². The van der Waals surface area contributed by atoms with Crippen molar-refractivity contribution in [3.8, 4) is 46.5 Å². The SMILES string of the molecule is C#CCN1CCc2cc(OC)c(OC)c3c2C1Cc1cc(OC)c(OC)cc1-3. The fourth-order valence-corrected chi connectivity index (χ4v) is 4.59. The quantitative estimate of drug-likeness (QED) is 0.744. The predicted molar refractivity (Wildman–Crippen MR) is 109 cm³/mol. The van der Waals surface area contributed by atoms with Crippen LogP contribution < -0.4 is 18.9 Å². The van der Waals surface area contributed by atoms with Gasteiger partial charge in [-0.3, -0.25) is 4.90 Å². The molecule has 0 aromatic heterocycles. The van der Waals surface area contributed by atoms with E-state index in [1.807, 2.05) is 6.07 Å². The number of ether oxygens (including phenoxy) is 4. The van der Waals surface area contributed by atoms with E-state index >= 15 is 0 Å². The van der Waals surface area contributed by atoms with Crippen LogP contribution in [0.5, 0.6) is 23.0 Å². The zero-order valence-electron chi connectivity index (χ0n) is 16.8.